The molecule has 0 saturated heterocycles. The molecule has 112 valence electrons. The maximum absolute atomic E-state index is 11.8. The summed E-state index contributed by atoms with van der Waals surface area (Å²) in [4.78, 5) is 11.8. The molecule has 0 radical (unpaired) electrons. The maximum Gasteiger partial charge on any atom is 0.224 e. The summed E-state index contributed by atoms with van der Waals surface area (Å²) in [5, 5.41) is 12.7. The Morgan fingerprint density at radius 2 is 2.10 bits per heavy atom. The molecule has 0 spiro atoms. The first-order chi connectivity index (χ1) is 9.32. The second-order valence-electron chi connectivity index (χ2n) is 6.05. The predicted molar refractivity (Wildman–Crippen MR) is 79.8 cm³/mol. The molecule has 0 heterocycles. The fraction of sp³-hybridized carbons (Fsp3) is 0.562. The van der Waals surface area contributed by atoms with E-state index in [1.165, 1.54) is 0 Å². The van der Waals surface area contributed by atoms with Gasteiger partial charge in [0.15, 0.2) is 0 Å². The zero-order valence-electron chi connectivity index (χ0n) is 12.8. The molecule has 20 heavy (non-hydrogen) atoms. The number of aliphatic hydroxyl groups is 1. The van der Waals surface area contributed by atoms with E-state index < -0.39 is 6.10 Å². The first kappa shape index (κ1) is 16.5. The van der Waals surface area contributed by atoms with Gasteiger partial charge >= 0.3 is 0 Å². The number of nitrogens with one attached hydrogen (secondary N) is 1. The average Bonchev–Trinajstić information content (AvgIpc) is 2.37. The third kappa shape index (κ3) is 5.61. The molecule has 2 N–H and O–H groups in total. The minimum Gasteiger partial charge on any atom is -0.497 e. The van der Waals surface area contributed by atoms with Crippen LogP contribution >= 0.6 is 0 Å². The molecule has 0 aromatic heterocycles. The van der Waals surface area contributed by atoms with Crippen molar-refractivity contribution >= 4 is 5.91 Å². The Bertz CT molecular complexity index is 438. The number of methoxy groups -OCH3 is 1. The predicted octanol–water partition coefficient (Wildman–Crippen LogP) is 2.15. The van der Waals surface area contributed by atoms with Gasteiger partial charge in [-0.2, -0.15) is 0 Å². The lowest BCUT2D eigenvalue weighted by Gasteiger charge is -2.25. The molecule has 0 aliphatic carbocycles. The van der Waals surface area contributed by atoms with E-state index in [9.17, 15) is 9.90 Å². The quantitative estimate of drug-likeness (QED) is 0.839. The molecule has 1 aromatic rings. The van der Waals surface area contributed by atoms with Gasteiger partial charge in [0.25, 0.3) is 0 Å². The van der Waals surface area contributed by atoms with Crippen LogP contribution in [0.3, 0.4) is 0 Å². The van der Waals surface area contributed by atoms with Gasteiger partial charge < -0.3 is 15.2 Å². The van der Waals surface area contributed by atoms with Crippen molar-refractivity contribution < 1.29 is 14.6 Å². The second-order valence-corrected chi connectivity index (χ2v) is 6.05. The zero-order chi connectivity index (χ0) is 15.2. The van der Waals surface area contributed by atoms with Gasteiger partial charge in [-0.05, 0) is 29.5 Å². The number of hydrogen-bond acceptors (Lipinski definition) is 3. The summed E-state index contributed by atoms with van der Waals surface area (Å²) in [7, 11) is 1.60. The lowest BCUT2D eigenvalue weighted by atomic mass is 9.87. The van der Waals surface area contributed by atoms with E-state index in [0.717, 1.165) is 11.3 Å². The first-order valence-corrected chi connectivity index (χ1v) is 6.90. The fourth-order valence-electron chi connectivity index (χ4n) is 1.81. The van der Waals surface area contributed by atoms with Gasteiger partial charge in [-0.3, -0.25) is 4.79 Å². The molecular formula is C16H25NO3. The number of rotatable bonds is 6. The van der Waals surface area contributed by atoms with Crippen molar-refractivity contribution in [2.24, 2.45) is 5.41 Å². The Hall–Kier alpha value is -1.55. The SMILES string of the molecule is COc1cccc(CC(=O)NCCC(O)C(C)(C)C)c1. The number of carbonyl (C=O) groups excluding carboxylic acids is 1. The second kappa shape index (κ2) is 7.29. The van der Waals surface area contributed by atoms with Crippen LogP contribution in [0.1, 0.15) is 32.8 Å². The van der Waals surface area contributed by atoms with E-state index in [2.05, 4.69) is 5.32 Å². The van der Waals surface area contributed by atoms with Gasteiger partial charge in [0.2, 0.25) is 5.91 Å². The van der Waals surface area contributed by atoms with Crippen molar-refractivity contribution in [3.8, 4) is 5.75 Å². The van der Waals surface area contributed by atoms with Crippen LogP contribution in [0.5, 0.6) is 5.75 Å². The van der Waals surface area contributed by atoms with Crippen LogP contribution < -0.4 is 10.1 Å². The van der Waals surface area contributed by atoms with Crippen LogP contribution in [0, 0.1) is 5.41 Å². The number of hydrogen-bond donors (Lipinski definition) is 2. The van der Waals surface area contributed by atoms with Gasteiger partial charge in [-0.1, -0.05) is 32.9 Å². The van der Waals surface area contributed by atoms with E-state index in [1.54, 1.807) is 7.11 Å². The van der Waals surface area contributed by atoms with Crippen LogP contribution in [-0.2, 0) is 11.2 Å². The van der Waals surface area contributed by atoms with Crippen LogP contribution in [0.25, 0.3) is 0 Å². The van der Waals surface area contributed by atoms with Crippen molar-refractivity contribution in [2.45, 2.75) is 39.7 Å². The van der Waals surface area contributed by atoms with Gasteiger partial charge in [0.05, 0.1) is 19.6 Å². The normalized spacial score (nSPS) is 12.8. The Morgan fingerprint density at radius 3 is 2.70 bits per heavy atom. The molecule has 4 nitrogen and oxygen atoms in total. The van der Waals surface area contributed by atoms with Gasteiger partial charge in [0.1, 0.15) is 5.75 Å². The molecule has 1 unspecified atom stereocenters. The van der Waals surface area contributed by atoms with Gasteiger partial charge in [0, 0.05) is 6.54 Å². The highest BCUT2D eigenvalue weighted by atomic mass is 16.5. The summed E-state index contributed by atoms with van der Waals surface area (Å²) in [6.07, 6.45) is 0.468. The largest absolute Gasteiger partial charge is 0.497 e. The van der Waals surface area contributed by atoms with Crippen molar-refractivity contribution in [3.05, 3.63) is 29.8 Å². The molecule has 0 fully saturated rings. The smallest absolute Gasteiger partial charge is 0.224 e. The minimum atomic E-state index is -0.417. The highest BCUT2D eigenvalue weighted by molar-refractivity contribution is 5.78. The molecule has 1 amide bonds. The number of aliphatic hydroxyl groups excluding tert-OH is 1. The molecule has 0 aliphatic rings. The van der Waals surface area contributed by atoms with Crippen molar-refractivity contribution in [2.75, 3.05) is 13.7 Å². The summed E-state index contributed by atoms with van der Waals surface area (Å²) >= 11 is 0. The van der Waals surface area contributed by atoms with E-state index >= 15 is 0 Å². The fourth-order valence-corrected chi connectivity index (χ4v) is 1.81. The number of amides is 1. The van der Waals surface area contributed by atoms with E-state index in [0.29, 0.717) is 19.4 Å². The highest BCUT2D eigenvalue weighted by Crippen LogP contribution is 2.20. The molecule has 1 aromatic carbocycles. The molecule has 0 saturated carbocycles. The Morgan fingerprint density at radius 1 is 1.40 bits per heavy atom. The molecule has 4 heteroatoms. The summed E-state index contributed by atoms with van der Waals surface area (Å²) < 4.78 is 5.12. The van der Waals surface area contributed by atoms with Crippen LogP contribution in [0.15, 0.2) is 24.3 Å². The summed E-state index contributed by atoms with van der Waals surface area (Å²) in [6, 6.07) is 7.46. The van der Waals surface area contributed by atoms with Gasteiger partial charge in [-0.15, -0.1) is 0 Å². The third-order valence-corrected chi connectivity index (χ3v) is 3.24. The summed E-state index contributed by atoms with van der Waals surface area (Å²) in [5.41, 5.74) is 0.760. The molecular weight excluding hydrogens is 254 g/mol. The Balaban J connectivity index is 2.37. The summed E-state index contributed by atoms with van der Waals surface area (Å²) in [5.74, 6) is 0.706. The average molecular weight is 279 g/mol. The number of benzene rings is 1. The van der Waals surface area contributed by atoms with Crippen LogP contribution in [0.4, 0.5) is 0 Å². The van der Waals surface area contributed by atoms with E-state index in [-0.39, 0.29) is 11.3 Å². The van der Waals surface area contributed by atoms with Gasteiger partial charge in [-0.25, -0.2) is 0 Å². The lowest BCUT2D eigenvalue weighted by Crippen LogP contribution is -2.33. The highest BCUT2D eigenvalue weighted by Gasteiger charge is 2.21. The van der Waals surface area contributed by atoms with Crippen molar-refractivity contribution in [1.82, 2.24) is 5.32 Å². The molecule has 0 aliphatic heterocycles. The standard InChI is InChI=1S/C16H25NO3/c1-16(2,3)14(18)8-9-17-15(19)11-12-6-5-7-13(10-12)20-4/h5-7,10,14,18H,8-9,11H2,1-4H3,(H,17,19). The lowest BCUT2D eigenvalue weighted by molar-refractivity contribution is -0.120. The molecule has 1 rings (SSSR count). The van der Waals surface area contributed by atoms with E-state index in [1.807, 2.05) is 45.0 Å². The van der Waals surface area contributed by atoms with Crippen molar-refractivity contribution in [3.63, 3.8) is 0 Å². The summed E-state index contributed by atoms with van der Waals surface area (Å²) in [6.45, 7) is 6.43. The zero-order valence-corrected chi connectivity index (χ0v) is 12.8. The minimum absolute atomic E-state index is 0.0423. The maximum atomic E-state index is 11.8. The molecule has 1 atom stereocenters. The third-order valence-electron chi connectivity index (χ3n) is 3.24. The number of carbonyl (C=O) groups is 1. The first-order valence-electron chi connectivity index (χ1n) is 6.90. The Kier molecular flexibility index (Phi) is 6.02. The van der Waals surface area contributed by atoms with Crippen LogP contribution in [-0.4, -0.2) is 30.8 Å². The van der Waals surface area contributed by atoms with Crippen LogP contribution in [0.2, 0.25) is 0 Å². The van der Waals surface area contributed by atoms with E-state index in [4.69, 9.17) is 4.74 Å². The van der Waals surface area contributed by atoms with Crippen molar-refractivity contribution in [1.29, 1.82) is 0 Å². The monoisotopic (exact) mass is 279 g/mol. The topological polar surface area (TPSA) is 58.6 Å². The Labute approximate surface area is 121 Å². The molecule has 0 bridgehead atoms. The number of ether oxygens (including phenoxy) is 1.